The second kappa shape index (κ2) is 16.3. The van der Waals surface area contributed by atoms with Crippen molar-refractivity contribution >= 4 is 17.1 Å². The van der Waals surface area contributed by atoms with Gasteiger partial charge in [-0.05, 0) is 26.2 Å². The zero-order valence-corrected chi connectivity index (χ0v) is 11.7. The molecule has 0 amide bonds. The Balaban J connectivity index is -0.0000000290. The Labute approximate surface area is 113 Å². The van der Waals surface area contributed by atoms with Crippen LogP contribution in [0.5, 0.6) is 0 Å². The Morgan fingerprint density at radius 2 is 0.824 bits per heavy atom. The lowest BCUT2D eigenvalue weighted by Gasteiger charge is -2.15. The van der Waals surface area contributed by atoms with Gasteiger partial charge in [0.2, 0.25) is 0 Å². The predicted octanol–water partition coefficient (Wildman–Crippen LogP) is 3.85. The Kier molecular flexibility index (Phi) is 34.5. The van der Waals surface area contributed by atoms with Gasteiger partial charge in [-0.25, -0.2) is 0 Å². The highest BCUT2D eigenvalue weighted by molar-refractivity contribution is 6.64. The molecule has 114 valence electrons. The van der Waals surface area contributed by atoms with Crippen LogP contribution >= 0.6 is 0 Å². The summed E-state index contributed by atoms with van der Waals surface area (Å²) in [6, 6.07) is 0. The molecule has 0 saturated heterocycles. The highest BCUT2D eigenvalue weighted by Crippen LogP contribution is 1.99. The maximum atomic E-state index is 8.74. The summed E-state index contributed by atoms with van der Waals surface area (Å²) in [5.41, 5.74) is 0. The van der Waals surface area contributed by atoms with Crippen LogP contribution in [0.15, 0.2) is 0 Å². The van der Waals surface area contributed by atoms with Crippen molar-refractivity contribution < 1.29 is 18.1 Å². The van der Waals surface area contributed by atoms with Gasteiger partial charge in [0.05, 0.1) is 0 Å². The number of hydrogen-bond donors (Lipinski definition) is 1. The highest BCUT2D eigenvalue weighted by atomic mass is 28.4. The van der Waals surface area contributed by atoms with E-state index in [-0.39, 0.29) is 29.7 Å². The van der Waals surface area contributed by atoms with Crippen LogP contribution in [-0.2, 0) is 13.3 Å². The first kappa shape index (κ1) is 36.0. The van der Waals surface area contributed by atoms with Crippen molar-refractivity contribution in [2.75, 3.05) is 21.3 Å². The van der Waals surface area contributed by atoms with Crippen molar-refractivity contribution in [1.29, 1.82) is 0 Å². The van der Waals surface area contributed by atoms with Gasteiger partial charge in [-0.3, -0.25) is 0 Å². The third-order valence-corrected chi connectivity index (χ3v) is 4.45. The second-order valence-electron chi connectivity index (χ2n) is 3.46. The van der Waals surface area contributed by atoms with Crippen LogP contribution < -0.4 is 0 Å². The Bertz CT molecular complexity index is 119. The minimum absolute atomic E-state index is 0. The summed E-state index contributed by atoms with van der Waals surface area (Å²) in [5, 5.41) is 0. The molecule has 1 N–H and O–H groups in total. The van der Waals surface area contributed by atoms with E-state index in [2.05, 4.69) is 4.43 Å². The molecular weight excluding hydrogens is 252 g/mol. The Morgan fingerprint density at radius 3 is 0.824 bits per heavy atom. The summed E-state index contributed by atoms with van der Waals surface area (Å²) in [6.45, 7) is 7.42. The molecule has 0 aliphatic heterocycles. The van der Waals surface area contributed by atoms with Crippen LogP contribution in [0, 0.1) is 0 Å². The molecule has 0 aliphatic carbocycles. The fourth-order valence-corrected chi connectivity index (χ4v) is 0.250. The van der Waals surface area contributed by atoms with Crippen LogP contribution in [0.1, 0.15) is 29.7 Å². The van der Waals surface area contributed by atoms with E-state index in [0.29, 0.717) is 0 Å². The van der Waals surface area contributed by atoms with Gasteiger partial charge < -0.3 is 18.1 Å². The maximum Gasteiger partial charge on any atom is 0.331 e. The Hall–Kier alpha value is 0.274. The summed E-state index contributed by atoms with van der Waals surface area (Å²) >= 11 is 0. The van der Waals surface area contributed by atoms with Gasteiger partial charge in [0.15, 0.2) is 0 Å². The van der Waals surface area contributed by atoms with Crippen LogP contribution in [0.3, 0.4) is 0 Å². The van der Waals surface area contributed by atoms with Crippen LogP contribution in [-0.4, -0.2) is 43.2 Å². The van der Waals surface area contributed by atoms with Gasteiger partial charge in [0.1, 0.15) is 0 Å². The molecule has 6 heteroatoms. The van der Waals surface area contributed by atoms with Crippen LogP contribution in [0.25, 0.3) is 0 Å². The van der Waals surface area contributed by atoms with Crippen LogP contribution in [0.4, 0.5) is 0 Å². The molecule has 0 fully saturated rings. The lowest BCUT2D eigenvalue weighted by molar-refractivity contribution is 0.258. The smallest absolute Gasteiger partial charge is 0.331 e. The molecular formula is C11H38O4Si2. The molecule has 0 rings (SSSR count). The number of hydrogen-bond acceptors (Lipinski definition) is 4. The van der Waals surface area contributed by atoms with E-state index >= 15 is 0 Å². The van der Waals surface area contributed by atoms with E-state index in [1.54, 1.807) is 27.3 Å². The van der Waals surface area contributed by atoms with Gasteiger partial charge in [-0.15, -0.1) is 0 Å². The fourth-order valence-electron chi connectivity index (χ4n) is 0.0833. The molecule has 0 atom stereocenters. The topological polar surface area (TPSA) is 47.9 Å². The SMILES string of the molecule is C.C.C.C.CO[Si](C)(C)O.CO[Si](C)(C)OC. The van der Waals surface area contributed by atoms with Crippen molar-refractivity contribution in [2.45, 2.75) is 55.9 Å². The monoisotopic (exact) mass is 290 g/mol. The van der Waals surface area contributed by atoms with Gasteiger partial charge in [-0.1, -0.05) is 29.7 Å². The molecule has 0 bridgehead atoms. The molecule has 0 radical (unpaired) electrons. The van der Waals surface area contributed by atoms with Crippen molar-refractivity contribution in [1.82, 2.24) is 0 Å². The summed E-state index contributed by atoms with van der Waals surface area (Å²) < 4.78 is 14.6. The summed E-state index contributed by atoms with van der Waals surface area (Å²) in [7, 11) is 1.09. The summed E-state index contributed by atoms with van der Waals surface area (Å²) in [6.07, 6.45) is 0. The van der Waals surface area contributed by atoms with E-state index in [1.807, 2.05) is 13.1 Å². The van der Waals surface area contributed by atoms with Gasteiger partial charge in [-0.2, -0.15) is 0 Å². The number of rotatable bonds is 3. The second-order valence-corrected chi connectivity index (χ2v) is 10.4. The van der Waals surface area contributed by atoms with Crippen molar-refractivity contribution in [3.8, 4) is 0 Å². The van der Waals surface area contributed by atoms with Crippen LogP contribution in [0.2, 0.25) is 26.2 Å². The quantitative estimate of drug-likeness (QED) is 0.802. The zero-order chi connectivity index (χ0) is 11.1. The van der Waals surface area contributed by atoms with Crippen molar-refractivity contribution in [3.05, 3.63) is 0 Å². The highest BCUT2D eigenvalue weighted by Gasteiger charge is 2.19. The third kappa shape index (κ3) is 38.6. The molecule has 0 aromatic heterocycles. The van der Waals surface area contributed by atoms with E-state index in [9.17, 15) is 0 Å². The molecule has 4 nitrogen and oxygen atoms in total. The molecule has 0 aliphatic rings. The summed E-state index contributed by atoms with van der Waals surface area (Å²) in [4.78, 5) is 8.74. The molecule has 0 aromatic carbocycles. The molecule has 0 spiro atoms. The van der Waals surface area contributed by atoms with E-state index < -0.39 is 17.1 Å². The van der Waals surface area contributed by atoms with Gasteiger partial charge in [0.25, 0.3) is 0 Å². The Morgan fingerprint density at radius 1 is 0.647 bits per heavy atom. The first-order valence-electron chi connectivity index (χ1n) is 4.06. The molecule has 0 saturated carbocycles. The molecule has 0 aromatic rings. The van der Waals surface area contributed by atoms with E-state index in [1.165, 1.54) is 7.11 Å². The van der Waals surface area contributed by atoms with E-state index in [0.717, 1.165) is 0 Å². The third-order valence-electron chi connectivity index (χ3n) is 1.48. The average Bonchev–Trinajstić information content (AvgIpc) is 2.04. The standard InChI is InChI=1S/C4H12O2Si.C3H10O2Si.4CH4/c1-5-7(3,4)6-2;1-5-6(2,3)4;;;;/h1-4H3;4H,1-3H3;4*1H4. The lowest BCUT2D eigenvalue weighted by Crippen LogP contribution is -2.31. The zero-order valence-electron chi connectivity index (χ0n) is 9.67. The van der Waals surface area contributed by atoms with Crippen molar-refractivity contribution in [3.63, 3.8) is 0 Å². The van der Waals surface area contributed by atoms with Gasteiger partial charge in [0, 0.05) is 21.3 Å². The largest absolute Gasteiger partial charge is 0.411 e. The normalized spacial score (nSPS) is 9.18. The summed E-state index contributed by atoms with van der Waals surface area (Å²) in [5.74, 6) is 0. The van der Waals surface area contributed by atoms with Gasteiger partial charge >= 0.3 is 17.1 Å². The minimum Gasteiger partial charge on any atom is -0.411 e. The first-order valence-corrected chi connectivity index (χ1v) is 9.73. The lowest BCUT2D eigenvalue weighted by atomic mass is 11.8. The van der Waals surface area contributed by atoms with Crippen molar-refractivity contribution in [2.24, 2.45) is 0 Å². The maximum absolute atomic E-state index is 8.74. The average molecular weight is 291 g/mol. The molecule has 17 heavy (non-hydrogen) atoms. The fraction of sp³-hybridized carbons (Fsp3) is 1.00. The minimum atomic E-state index is -2.13. The molecule has 0 unspecified atom stereocenters. The van der Waals surface area contributed by atoms with E-state index in [4.69, 9.17) is 13.6 Å². The predicted molar refractivity (Wildman–Crippen MR) is 85.1 cm³/mol. The first-order chi connectivity index (χ1) is 5.68. The molecule has 0 heterocycles.